The Morgan fingerprint density at radius 2 is 1.80 bits per heavy atom. The molecule has 0 aromatic carbocycles. The minimum Gasteiger partial charge on any atom is -0.399 e. The van der Waals surface area contributed by atoms with Crippen LogP contribution in [-0.2, 0) is 0 Å². The minimum atomic E-state index is 0.874. The Labute approximate surface area is 63.6 Å². The third-order valence-electron chi connectivity index (χ3n) is 1.61. The van der Waals surface area contributed by atoms with Gasteiger partial charge in [-0.2, -0.15) is 0 Å². The van der Waals surface area contributed by atoms with Gasteiger partial charge in [-0.25, -0.2) is 0 Å². The topological polar surface area (TPSA) is 26.0 Å². The molecule has 0 aromatic rings. The Balaban J connectivity index is 4.10. The van der Waals surface area contributed by atoms with Crippen molar-refractivity contribution in [2.75, 3.05) is 0 Å². The Morgan fingerprint density at radius 3 is 2.10 bits per heavy atom. The fourth-order valence-electron chi connectivity index (χ4n) is 0.773. The zero-order valence-electron chi connectivity index (χ0n) is 7.15. The van der Waals surface area contributed by atoms with E-state index in [0.717, 1.165) is 18.5 Å². The zero-order valence-corrected chi connectivity index (χ0v) is 7.15. The quantitative estimate of drug-likeness (QED) is 0.597. The van der Waals surface area contributed by atoms with Crippen LogP contribution in [0.1, 0.15) is 33.6 Å². The first kappa shape index (κ1) is 9.28. The van der Waals surface area contributed by atoms with E-state index in [1.807, 2.05) is 13.0 Å². The molecule has 0 radical (unpaired) electrons. The van der Waals surface area contributed by atoms with Crippen molar-refractivity contribution < 1.29 is 0 Å². The van der Waals surface area contributed by atoms with Gasteiger partial charge in [-0.05, 0) is 25.8 Å². The van der Waals surface area contributed by atoms with Crippen LogP contribution in [0.5, 0.6) is 0 Å². The summed E-state index contributed by atoms with van der Waals surface area (Å²) in [5.74, 6) is 0. The lowest BCUT2D eigenvalue weighted by Crippen LogP contribution is -1.93. The second-order valence-corrected chi connectivity index (χ2v) is 2.30. The van der Waals surface area contributed by atoms with Crippen LogP contribution >= 0.6 is 0 Å². The SMILES string of the molecule is C/C=C(/N)C=C(CC)CC. The number of nitrogens with two attached hydrogens (primary N) is 1. The van der Waals surface area contributed by atoms with Gasteiger partial charge in [0.1, 0.15) is 0 Å². The maximum absolute atomic E-state index is 5.61. The van der Waals surface area contributed by atoms with E-state index >= 15 is 0 Å². The van der Waals surface area contributed by atoms with Crippen LogP contribution in [-0.4, -0.2) is 0 Å². The molecular weight excluding hydrogens is 122 g/mol. The number of hydrogen-bond acceptors (Lipinski definition) is 1. The van der Waals surface area contributed by atoms with Crippen LogP contribution in [0, 0.1) is 0 Å². The highest BCUT2D eigenvalue weighted by atomic mass is 14.5. The molecule has 58 valence electrons. The van der Waals surface area contributed by atoms with Gasteiger partial charge in [-0.1, -0.05) is 25.5 Å². The summed E-state index contributed by atoms with van der Waals surface area (Å²) >= 11 is 0. The molecular formula is C9H17N. The second-order valence-electron chi connectivity index (χ2n) is 2.30. The summed E-state index contributed by atoms with van der Waals surface area (Å²) in [4.78, 5) is 0. The molecule has 0 amide bonds. The lowest BCUT2D eigenvalue weighted by molar-refractivity contribution is 0.972. The summed E-state index contributed by atoms with van der Waals surface area (Å²) in [6, 6.07) is 0. The molecule has 0 unspecified atom stereocenters. The van der Waals surface area contributed by atoms with Crippen molar-refractivity contribution >= 4 is 0 Å². The Morgan fingerprint density at radius 1 is 1.30 bits per heavy atom. The molecule has 0 saturated carbocycles. The smallest absolute Gasteiger partial charge is 0.0270 e. The van der Waals surface area contributed by atoms with Crippen LogP contribution in [0.3, 0.4) is 0 Å². The largest absolute Gasteiger partial charge is 0.399 e. The third-order valence-corrected chi connectivity index (χ3v) is 1.61. The van der Waals surface area contributed by atoms with E-state index in [1.54, 1.807) is 0 Å². The zero-order chi connectivity index (χ0) is 7.98. The Hall–Kier alpha value is -0.720. The maximum Gasteiger partial charge on any atom is 0.0270 e. The van der Waals surface area contributed by atoms with Crippen LogP contribution < -0.4 is 5.73 Å². The van der Waals surface area contributed by atoms with E-state index in [0.29, 0.717) is 0 Å². The van der Waals surface area contributed by atoms with Gasteiger partial charge < -0.3 is 5.73 Å². The molecule has 0 rings (SSSR count). The molecule has 1 nitrogen and oxygen atoms in total. The standard InChI is InChI=1S/C9H17N/c1-4-8(5-2)7-9(10)6-3/h6-7H,4-5,10H2,1-3H3/b9-6+. The number of hydrogen-bond donors (Lipinski definition) is 1. The summed E-state index contributed by atoms with van der Waals surface area (Å²) in [6.07, 6.45) is 6.18. The Kier molecular flexibility index (Phi) is 4.73. The van der Waals surface area contributed by atoms with Crippen LogP contribution in [0.2, 0.25) is 0 Å². The van der Waals surface area contributed by atoms with Gasteiger partial charge in [0.25, 0.3) is 0 Å². The summed E-state index contributed by atoms with van der Waals surface area (Å²) < 4.78 is 0. The molecule has 0 aliphatic heterocycles. The lowest BCUT2D eigenvalue weighted by atomic mass is 10.1. The maximum atomic E-state index is 5.61. The fourth-order valence-corrected chi connectivity index (χ4v) is 0.773. The van der Waals surface area contributed by atoms with Gasteiger partial charge in [0, 0.05) is 5.70 Å². The molecule has 0 spiro atoms. The van der Waals surface area contributed by atoms with Gasteiger partial charge >= 0.3 is 0 Å². The molecule has 0 heterocycles. The third kappa shape index (κ3) is 3.33. The van der Waals surface area contributed by atoms with Crippen molar-refractivity contribution in [3.63, 3.8) is 0 Å². The van der Waals surface area contributed by atoms with Gasteiger partial charge in [0.2, 0.25) is 0 Å². The van der Waals surface area contributed by atoms with E-state index in [2.05, 4.69) is 19.9 Å². The monoisotopic (exact) mass is 139 g/mol. The highest BCUT2D eigenvalue weighted by Gasteiger charge is 1.88. The molecule has 10 heavy (non-hydrogen) atoms. The Bertz CT molecular complexity index is 137. The van der Waals surface area contributed by atoms with Crippen LogP contribution in [0.25, 0.3) is 0 Å². The normalized spacial score (nSPS) is 11.3. The highest BCUT2D eigenvalue weighted by Crippen LogP contribution is 2.06. The fraction of sp³-hybridized carbons (Fsp3) is 0.556. The van der Waals surface area contributed by atoms with Crippen molar-refractivity contribution in [2.24, 2.45) is 5.73 Å². The first-order chi connectivity index (χ1) is 4.74. The van der Waals surface area contributed by atoms with Crippen LogP contribution in [0.15, 0.2) is 23.4 Å². The van der Waals surface area contributed by atoms with E-state index in [9.17, 15) is 0 Å². The van der Waals surface area contributed by atoms with E-state index in [-0.39, 0.29) is 0 Å². The number of rotatable bonds is 3. The molecule has 0 saturated heterocycles. The summed E-state index contributed by atoms with van der Waals surface area (Å²) in [5, 5.41) is 0. The predicted octanol–water partition coefficient (Wildman–Crippen LogP) is 2.60. The van der Waals surface area contributed by atoms with Crippen molar-refractivity contribution in [3.05, 3.63) is 23.4 Å². The van der Waals surface area contributed by atoms with E-state index < -0.39 is 0 Å². The lowest BCUT2D eigenvalue weighted by Gasteiger charge is -1.98. The van der Waals surface area contributed by atoms with Crippen LogP contribution in [0.4, 0.5) is 0 Å². The van der Waals surface area contributed by atoms with Crippen molar-refractivity contribution in [3.8, 4) is 0 Å². The molecule has 0 aliphatic rings. The minimum absolute atomic E-state index is 0.874. The molecule has 0 aromatic heterocycles. The molecule has 2 N–H and O–H groups in total. The molecule has 0 aliphatic carbocycles. The van der Waals surface area contributed by atoms with Gasteiger partial charge in [-0.15, -0.1) is 0 Å². The predicted molar refractivity (Wildman–Crippen MR) is 46.6 cm³/mol. The average molecular weight is 139 g/mol. The van der Waals surface area contributed by atoms with Crippen molar-refractivity contribution in [2.45, 2.75) is 33.6 Å². The van der Waals surface area contributed by atoms with Crippen molar-refractivity contribution in [1.29, 1.82) is 0 Å². The van der Waals surface area contributed by atoms with E-state index in [4.69, 9.17) is 5.73 Å². The number of allylic oxidation sites excluding steroid dienone is 3. The van der Waals surface area contributed by atoms with Gasteiger partial charge in [0.05, 0.1) is 0 Å². The first-order valence-corrected chi connectivity index (χ1v) is 3.85. The van der Waals surface area contributed by atoms with Gasteiger partial charge in [-0.3, -0.25) is 0 Å². The highest BCUT2D eigenvalue weighted by molar-refractivity contribution is 5.19. The summed E-state index contributed by atoms with van der Waals surface area (Å²) in [6.45, 7) is 6.26. The first-order valence-electron chi connectivity index (χ1n) is 3.85. The summed E-state index contributed by atoms with van der Waals surface area (Å²) in [5.41, 5.74) is 7.90. The summed E-state index contributed by atoms with van der Waals surface area (Å²) in [7, 11) is 0. The molecule has 0 bridgehead atoms. The molecule has 0 atom stereocenters. The molecule has 0 fully saturated rings. The average Bonchev–Trinajstić information content (AvgIpc) is 1.99. The molecule has 1 heteroatoms. The van der Waals surface area contributed by atoms with E-state index in [1.165, 1.54) is 5.57 Å². The van der Waals surface area contributed by atoms with Gasteiger partial charge in [0.15, 0.2) is 0 Å². The van der Waals surface area contributed by atoms with Crippen molar-refractivity contribution in [1.82, 2.24) is 0 Å². The second kappa shape index (κ2) is 5.10.